The Morgan fingerprint density at radius 1 is 1.52 bits per heavy atom. The minimum absolute atomic E-state index is 0.0123. The number of carbonyl (C=O) groups is 1. The standard InChI is InChI=1S/C13H16BrNO5S/c1-20-11-3-2-10(14)7-12(11)21(18,19)15-5-4-9(8-15)6-13(16)17/h2-3,7,9H,4-6,8H2,1H3,(H,16,17). The number of aliphatic carboxylic acids is 1. The zero-order chi connectivity index (χ0) is 15.6. The van der Waals surface area contributed by atoms with Crippen molar-refractivity contribution in [2.24, 2.45) is 5.92 Å². The fourth-order valence-electron chi connectivity index (χ4n) is 2.42. The SMILES string of the molecule is COc1ccc(Br)cc1S(=O)(=O)N1CCC(CC(=O)O)C1. The highest BCUT2D eigenvalue weighted by atomic mass is 79.9. The van der Waals surface area contributed by atoms with Crippen LogP contribution in [0.4, 0.5) is 0 Å². The number of hydrogen-bond donors (Lipinski definition) is 1. The molecule has 1 N–H and O–H groups in total. The molecule has 1 aromatic carbocycles. The van der Waals surface area contributed by atoms with Crippen molar-refractivity contribution in [3.63, 3.8) is 0 Å². The van der Waals surface area contributed by atoms with Gasteiger partial charge >= 0.3 is 5.97 Å². The third kappa shape index (κ3) is 3.56. The van der Waals surface area contributed by atoms with Crippen LogP contribution in [0.15, 0.2) is 27.6 Å². The molecule has 1 heterocycles. The summed E-state index contributed by atoms with van der Waals surface area (Å²) in [6.07, 6.45) is 0.545. The van der Waals surface area contributed by atoms with Gasteiger partial charge in [-0.1, -0.05) is 15.9 Å². The van der Waals surface area contributed by atoms with Crippen LogP contribution in [-0.4, -0.2) is 44.0 Å². The molecule has 2 rings (SSSR count). The van der Waals surface area contributed by atoms with Crippen molar-refractivity contribution >= 4 is 31.9 Å². The molecule has 6 nitrogen and oxygen atoms in total. The number of halogens is 1. The van der Waals surface area contributed by atoms with Crippen LogP contribution in [0.25, 0.3) is 0 Å². The number of rotatable bonds is 5. The van der Waals surface area contributed by atoms with Gasteiger partial charge in [0.15, 0.2) is 0 Å². The van der Waals surface area contributed by atoms with Crippen molar-refractivity contribution in [2.75, 3.05) is 20.2 Å². The van der Waals surface area contributed by atoms with Crippen LogP contribution >= 0.6 is 15.9 Å². The highest BCUT2D eigenvalue weighted by Crippen LogP contribution is 2.32. The molecule has 0 aliphatic carbocycles. The third-order valence-electron chi connectivity index (χ3n) is 3.46. The van der Waals surface area contributed by atoms with Crippen molar-refractivity contribution in [1.82, 2.24) is 4.31 Å². The van der Waals surface area contributed by atoms with Crippen LogP contribution in [0, 0.1) is 5.92 Å². The van der Waals surface area contributed by atoms with Crippen LogP contribution in [-0.2, 0) is 14.8 Å². The number of nitrogens with zero attached hydrogens (tertiary/aromatic N) is 1. The van der Waals surface area contributed by atoms with E-state index in [-0.39, 0.29) is 29.5 Å². The summed E-state index contributed by atoms with van der Waals surface area (Å²) >= 11 is 3.25. The summed E-state index contributed by atoms with van der Waals surface area (Å²) in [5, 5.41) is 8.80. The van der Waals surface area contributed by atoms with E-state index in [4.69, 9.17) is 9.84 Å². The maximum atomic E-state index is 12.7. The number of carboxylic acid groups (broad SMARTS) is 1. The molecular formula is C13H16BrNO5S. The molecule has 0 saturated carbocycles. The molecule has 1 fully saturated rings. The first kappa shape index (κ1) is 16.3. The zero-order valence-electron chi connectivity index (χ0n) is 11.5. The van der Waals surface area contributed by atoms with Crippen molar-refractivity contribution in [3.8, 4) is 5.75 Å². The van der Waals surface area contributed by atoms with E-state index in [1.807, 2.05) is 0 Å². The normalized spacial score (nSPS) is 19.6. The molecule has 116 valence electrons. The lowest BCUT2D eigenvalue weighted by molar-refractivity contribution is -0.137. The first-order valence-electron chi connectivity index (χ1n) is 6.40. The van der Waals surface area contributed by atoms with Gasteiger partial charge in [-0.3, -0.25) is 4.79 Å². The first-order valence-corrected chi connectivity index (χ1v) is 8.63. The predicted octanol–water partition coefficient (Wildman–Crippen LogP) is 1.94. The second-order valence-electron chi connectivity index (χ2n) is 4.91. The first-order chi connectivity index (χ1) is 9.84. The van der Waals surface area contributed by atoms with Gasteiger partial charge in [0.1, 0.15) is 10.6 Å². The Kier molecular flexibility index (Phi) is 4.90. The zero-order valence-corrected chi connectivity index (χ0v) is 13.9. The van der Waals surface area contributed by atoms with E-state index in [0.717, 1.165) is 0 Å². The molecule has 0 bridgehead atoms. The maximum Gasteiger partial charge on any atom is 0.303 e. The lowest BCUT2D eigenvalue weighted by Gasteiger charge is -2.18. The summed E-state index contributed by atoms with van der Waals surface area (Å²) in [6.45, 7) is 0.556. The second kappa shape index (κ2) is 6.33. The van der Waals surface area contributed by atoms with E-state index in [1.165, 1.54) is 17.5 Å². The maximum absolute atomic E-state index is 12.7. The monoisotopic (exact) mass is 377 g/mol. The van der Waals surface area contributed by atoms with Gasteiger partial charge < -0.3 is 9.84 Å². The van der Waals surface area contributed by atoms with E-state index in [2.05, 4.69) is 15.9 Å². The minimum atomic E-state index is -3.69. The van der Waals surface area contributed by atoms with E-state index in [1.54, 1.807) is 12.1 Å². The topological polar surface area (TPSA) is 83.9 Å². The Bertz CT molecular complexity index is 646. The molecule has 0 radical (unpaired) electrons. The molecule has 8 heteroatoms. The largest absolute Gasteiger partial charge is 0.495 e. The molecule has 1 atom stereocenters. The summed E-state index contributed by atoms with van der Waals surface area (Å²) in [5.41, 5.74) is 0. The number of hydrogen-bond acceptors (Lipinski definition) is 4. The summed E-state index contributed by atoms with van der Waals surface area (Å²) in [6, 6.07) is 4.79. The highest BCUT2D eigenvalue weighted by molar-refractivity contribution is 9.10. The Morgan fingerprint density at radius 2 is 2.24 bits per heavy atom. The number of ether oxygens (including phenoxy) is 1. The predicted molar refractivity (Wildman–Crippen MR) is 79.8 cm³/mol. The quantitative estimate of drug-likeness (QED) is 0.847. The summed E-state index contributed by atoms with van der Waals surface area (Å²) < 4.78 is 32.4. The summed E-state index contributed by atoms with van der Waals surface area (Å²) in [4.78, 5) is 10.8. The fraction of sp³-hybridized carbons (Fsp3) is 0.462. The van der Waals surface area contributed by atoms with E-state index < -0.39 is 16.0 Å². The van der Waals surface area contributed by atoms with Gasteiger partial charge in [-0.15, -0.1) is 0 Å². The van der Waals surface area contributed by atoms with Crippen molar-refractivity contribution in [1.29, 1.82) is 0 Å². The van der Waals surface area contributed by atoms with E-state index in [9.17, 15) is 13.2 Å². The van der Waals surface area contributed by atoms with Crippen LogP contribution in [0.2, 0.25) is 0 Å². The second-order valence-corrected chi connectivity index (χ2v) is 7.73. The van der Waals surface area contributed by atoms with Crippen LogP contribution in [0.1, 0.15) is 12.8 Å². The molecule has 1 aromatic rings. The van der Waals surface area contributed by atoms with Crippen molar-refractivity contribution in [3.05, 3.63) is 22.7 Å². The van der Waals surface area contributed by atoms with Gasteiger partial charge in [0.05, 0.1) is 7.11 Å². The molecule has 0 amide bonds. The molecule has 1 unspecified atom stereocenters. The number of benzene rings is 1. The molecule has 0 aromatic heterocycles. The summed E-state index contributed by atoms with van der Waals surface area (Å²) in [5.74, 6) is -0.769. The average molecular weight is 378 g/mol. The lowest BCUT2D eigenvalue weighted by atomic mass is 10.1. The number of sulfonamides is 1. The molecule has 21 heavy (non-hydrogen) atoms. The van der Waals surface area contributed by atoms with Gasteiger partial charge in [0.25, 0.3) is 0 Å². The fourth-order valence-corrected chi connectivity index (χ4v) is 4.65. The van der Waals surface area contributed by atoms with E-state index >= 15 is 0 Å². The van der Waals surface area contributed by atoms with E-state index in [0.29, 0.717) is 17.4 Å². The lowest BCUT2D eigenvalue weighted by Crippen LogP contribution is -2.29. The van der Waals surface area contributed by atoms with Gasteiger partial charge in [-0.05, 0) is 30.5 Å². The highest BCUT2D eigenvalue weighted by Gasteiger charge is 2.35. The molecule has 0 spiro atoms. The minimum Gasteiger partial charge on any atom is -0.495 e. The van der Waals surface area contributed by atoms with Gasteiger partial charge in [0.2, 0.25) is 10.0 Å². The van der Waals surface area contributed by atoms with Crippen LogP contribution in [0.5, 0.6) is 5.75 Å². The number of carboxylic acids is 1. The van der Waals surface area contributed by atoms with Gasteiger partial charge in [0, 0.05) is 24.0 Å². The average Bonchev–Trinajstić information content (AvgIpc) is 2.87. The van der Waals surface area contributed by atoms with Crippen molar-refractivity contribution in [2.45, 2.75) is 17.7 Å². The summed E-state index contributed by atoms with van der Waals surface area (Å²) in [7, 11) is -2.27. The Morgan fingerprint density at radius 3 is 2.86 bits per heavy atom. The Balaban J connectivity index is 2.27. The molecular weight excluding hydrogens is 362 g/mol. The molecule has 1 saturated heterocycles. The van der Waals surface area contributed by atoms with Gasteiger partial charge in [-0.25, -0.2) is 8.42 Å². The smallest absolute Gasteiger partial charge is 0.303 e. The Labute approximate surface area is 131 Å². The third-order valence-corrected chi connectivity index (χ3v) is 5.83. The molecule has 1 aliphatic rings. The van der Waals surface area contributed by atoms with Gasteiger partial charge in [-0.2, -0.15) is 4.31 Å². The number of methoxy groups -OCH3 is 1. The van der Waals surface area contributed by atoms with Crippen LogP contribution in [0.3, 0.4) is 0 Å². The Hall–Kier alpha value is -1.12. The van der Waals surface area contributed by atoms with Crippen LogP contribution < -0.4 is 4.74 Å². The van der Waals surface area contributed by atoms with Crippen molar-refractivity contribution < 1.29 is 23.1 Å². The molecule has 1 aliphatic heterocycles.